The van der Waals surface area contributed by atoms with Gasteiger partial charge in [0.15, 0.2) is 0 Å². The Morgan fingerprint density at radius 1 is 1.08 bits per heavy atom. The summed E-state index contributed by atoms with van der Waals surface area (Å²) in [5, 5.41) is 9.01. The summed E-state index contributed by atoms with van der Waals surface area (Å²) < 4.78 is 0. The predicted molar refractivity (Wildman–Crippen MR) is 160 cm³/mol. The molecule has 0 radical (unpaired) electrons. The highest BCUT2D eigenvalue weighted by Crippen LogP contribution is 2.38. The van der Waals surface area contributed by atoms with E-state index in [-0.39, 0.29) is 11.8 Å². The van der Waals surface area contributed by atoms with Crippen molar-refractivity contribution >= 4 is 40.5 Å². The summed E-state index contributed by atoms with van der Waals surface area (Å²) in [5.41, 5.74) is 8.04. The largest absolute Gasteiger partial charge is 0.358 e. The zero-order valence-corrected chi connectivity index (χ0v) is 23.5. The monoisotopic (exact) mass is 539 g/mol. The van der Waals surface area contributed by atoms with Crippen LogP contribution >= 0.6 is 11.3 Å². The van der Waals surface area contributed by atoms with Gasteiger partial charge in [0.05, 0.1) is 16.8 Å². The molecule has 39 heavy (non-hydrogen) atoms. The number of anilines is 1. The smallest absolute Gasteiger partial charge is 0.256 e. The number of aryl methyl sites for hydroxylation is 1. The van der Waals surface area contributed by atoms with Crippen LogP contribution in [-0.4, -0.2) is 52.9 Å². The molecule has 5 rings (SSSR count). The first kappa shape index (κ1) is 26.6. The van der Waals surface area contributed by atoms with Crippen molar-refractivity contribution in [3.8, 4) is 21.8 Å². The maximum absolute atomic E-state index is 13.0. The standard InChI is InChI=1S/C31H33N5O2S/c1-5-36(6-2)15-14-32-30(38)28-19(3)26(33-20(28)4)17-24-23-16-22(12-13-25(23)34-29(24)37)27-18-39-31(35-27)21-10-8-7-9-11-21/h7-13,16-18,33H,5-6,14-15H2,1-4H3,(H,32,38)(H,34,37)/b24-17-. The van der Waals surface area contributed by atoms with E-state index in [1.165, 1.54) is 0 Å². The van der Waals surface area contributed by atoms with Gasteiger partial charge in [-0.25, -0.2) is 4.98 Å². The molecular weight excluding hydrogens is 506 g/mol. The van der Waals surface area contributed by atoms with Gasteiger partial charge in [-0.05, 0) is 50.7 Å². The summed E-state index contributed by atoms with van der Waals surface area (Å²) in [6.07, 6.45) is 1.84. The molecule has 0 spiro atoms. The lowest BCUT2D eigenvalue weighted by atomic mass is 10.0. The van der Waals surface area contributed by atoms with Gasteiger partial charge in [0, 0.05) is 52.2 Å². The van der Waals surface area contributed by atoms with Crippen LogP contribution in [0.15, 0.2) is 53.9 Å². The number of amides is 2. The molecular formula is C31H33N5O2S. The normalized spacial score (nSPS) is 13.7. The first-order valence-corrected chi connectivity index (χ1v) is 14.2. The lowest BCUT2D eigenvalue weighted by Gasteiger charge is -2.18. The topological polar surface area (TPSA) is 90.1 Å². The summed E-state index contributed by atoms with van der Waals surface area (Å²) in [6, 6.07) is 16.0. The number of carbonyl (C=O) groups excluding carboxylic acids is 2. The molecule has 0 atom stereocenters. The number of nitrogens with one attached hydrogen (secondary N) is 3. The number of carbonyl (C=O) groups is 2. The van der Waals surface area contributed by atoms with Gasteiger partial charge in [-0.3, -0.25) is 9.59 Å². The number of fused-ring (bicyclic) bond motifs is 1. The fraction of sp³-hybridized carbons (Fsp3) is 0.258. The molecule has 4 aromatic rings. The highest BCUT2D eigenvalue weighted by molar-refractivity contribution is 7.13. The van der Waals surface area contributed by atoms with Crippen LogP contribution in [-0.2, 0) is 4.79 Å². The van der Waals surface area contributed by atoms with Crippen molar-refractivity contribution < 1.29 is 9.59 Å². The average molecular weight is 540 g/mol. The Morgan fingerprint density at radius 2 is 1.85 bits per heavy atom. The molecule has 2 aromatic heterocycles. The lowest BCUT2D eigenvalue weighted by Crippen LogP contribution is -2.35. The van der Waals surface area contributed by atoms with Crippen LogP contribution in [0.4, 0.5) is 5.69 Å². The van der Waals surface area contributed by atoms with E-state index in [4.69, 9.17) is 4.98 Å². The quantitative estimate of drug-likeness (QED) is 0.228. The fourth-order valence-corrected chi connectivity index (χ4v) is 5.80. The van der Waals surface area contributed by atoms with Crippen molar-refractivity contribution in [3.05, 3.63) is 82.0 Å². The summed E-state index contributed by atoms with van der Waals surface area (Å²) in [7, 11) is 0. The molecule has 0 unspecified atom stereocenters. The molecule has 0 aliphatic carbocycles. The van der Waals surface area contributed by atoms with Gasteiger partial charge in [0.25, 0.3) is 11.8 Å². The SMILES string of the molecule is CCN(CC)CCNC(=O)c1c(C)[nH]c(/C=C2\C(=O)Nc3ccc(-c4csc(-c5ccccc5)n4)cc32)c1C. The van der Waals surface area contributed by atoms with Crippen LogP contribution in [0, 0.1) is 13.8 Å². The van der Waals surface area contributed by atoms with Crippen LogP contribution in [0.1, 0.15) is 46.7 Å². The molecule has 7 nitrogen and oxygen atoms in total. The minimum atomic E-state index is -0.165. The number of benzene rings is 2. The second kappa shape index (κ2) is 11.4. The molecule has 1 aliphatic rings. The van der Waals surface area contributed by atoms with E-state index < -0.39 is 0 Å². The first-order chi connectivity index (χ1) is 18.9. The summed E-state index contributed by atoms with van der Waals surface area (Å²) in [5.74, 6) is -0.267. The third-order valence-electron chi connectivity index (χ3n) is 7.22. The third-order valence-corrected chi connectivity index (χ3v) is 8.11. The minimum absolute atomic E-state index is 0.102. The van der Waals surface area contributed by atoms with Gasteiger partial charge in [-0.15, -0.1) is 11.3 Å². The summed E-state index contributed by atoms with van der Waals surface area (Å²) in [6.45, 7) is 11.3. The third kappa shape index (κ3) is 5.44. The highest BCUT2D eigenvalue weighted by atomic mass is 32.1. The highest BCUT2D eigenvalue weighted by Gasteiger charge is 2.26. The van der Waals surface area contributed by atoms with E-state index in [1.54, 1.807) is 11.3 Å². The Balaban J connectivity index is 1.41. The Morgan fingerprint density at radius 3 is 2.59 bits per heavy atom. The number of hydrogen-bond acceptors (Lipinski definition) is 5. The van der Waals surface area contributed by atoms with Gasteiger partial charge in [-0.2, -0.15) is 0 Å². The Kier molecular flexibility index (Phi) is 7.77. The van der Waals surface area contributed by atoms with Gasteiger partial charge >= 0.3 is 0 Å². The maximum Gasteiger partial charge on any atom is 0.256 e. The molecule has 3 heterocycles. The zero-order chi connectivity index (χ0) is 27.5. The molecule has 0 saturated carbocycles. The van der Waals surface area contributed by atoms with E-state index in [9.17, 15) is 9.59 Å². The number of likely N-dealkylation sites (N-methyl/N-ethyl adjacent to an activating group) is 1. The predicted octanol–water partition coefficient (Wildman–Crippen LogP) is 5.99. The number of aromatic nitrogens is 2. The molecule has 0 fully saturated rings. The van der Waals surface area contributed by atoms with E-state index in [2.05, 4.69) is 46.5 Å². The Labute approximate surface area is 233 Å². The molecule has 0 bridgehead atoms. The van der Waals surface area contributed by atoms with Crippen molar-refractivity contribution in [1.82, 2.24) is 20.2 Å². The number of rotatable bonds is 9. The van der Waals surface area contributed by atoms with Crippen molar-refractivity contribution in [2.45, 2.75) is 27.7 Å². The molecule has 8 heteroatoms. The second-order valence-corrected chi connectivity index (χ2v) is 10.5. The van der Waals surface area contributed by atoms with Crippen LogP contribution < -0.4 is 10.6 Å². The average Bonchev–Trinajstić information content (AvgIpc) is 3.63. The van der Waals surface area contributed by atoms with Crippen molar-refractivity contribution in [2.75, 3.05) is 31.5 Å². The Hall–Kier alpha value is -4.01. The molecule has 2 amide bonds. The summed E-state index contributed by atoms with van der Waals surface area (Å²) >= 11 is 1.60. The Bertz CT molecular complexity index is 1550. The van der Waals surface area contributed by atoms with Gasteiger partial charge < -0.3 is 20.5 Å². The van der Waals surface area contributed by atoms with Crippen molar-refractivity contribution in [1.29, 1.82) is 0 Å². The molecule has 1 aliphatic heterocycles. The van der Waals surface area contributed by atoms with E-state index >= 15 is 0 Å². The molecule has 0 saturated heterocycles. The molecule has 2 aromatic carbocycles. The van der Waals surface area contributed by atoms with Crippen molar-refractivity contribution in [2.24, 2.45) is 0 Å². The zero-order valence-electron chi connectivity index (χ0n) is 22.7. The van der Waals surface area contributed by atoms with Crippen LogP contribution in [0.2, 0.25) is 0 Å². The maximum atomic E-state index is 13.0. The van der Waals surface area contributed by atoms with E-state index in [1.807, 2.05) is 61.7 Å². The van der Waals surface area contributed by atoms with Crippen LogP contribution in [0.3, 0.4) is 0 Å². The first-order valence-electron chi connectivity index (χ1n) is 13.3. The van der Waals surface area contributed by atoms with Gasteiger partial charge in [-0.1, -0.05) is 50.2 Å². The van der Waals surface area contributed by atoms with Crippen LogP contribution in [0.25, 0.3) is 33.5 Å². The number of H-pyrrole nitrogens is 1. The van der Waals surface area contributed by atoms with Crippen molar-refractivity contribution in [3.63, 3.8) is 0 Å². The number of thiazole rings is 1. The van der Waals surface area contributed by atoms with E-state index in [0.717, 1.165) is 69.7 Å². The van der Waals surface area contributed by atoms with Crippen LogP contribution in [0.5, 0.6) is 0 Å². The summed E-state index contributed by atoms with van der Waals surface area (Å²) in [4.78, 5) is 36.4. The molecule has 200 valence electrons. The fourth-order valence-electron chi connectivity index (χ4n) is 4.97. The number of hydrogen-bond donors (Lipinski definition) is 3. The lowest BCUT2D eigenvalue weighted by molar-refractivity contribution is -0.110. The number of aromatic amines is 1. The number of nitrogens with zero attached hydrogens (tertiary/aromatic N) is 2. The van der Waals surface area contributed by atoms with Gasteiger partial charge in [0.2, 0.25) is 0 Å². The molecule has 3 N–H and O–H groups in total. The second-order valence-electron chi connectivity index (χ2n) is 9.62. The van der Waals surface area contributed by atoms with Gasteiger partial charge in [0.1, 0.15) is 5.01 Å². The van der Waals surface area contributed by atoms with E-state index in [0.29, 0.717) is 17.7 Å². The minimum Gasteiger partial charge on any atom is -0.358 e.